The van der Waals surface area contributed by atoms with Gasteiger partial charge in [0.05, 0.1) is 6.10 Å². The number of hydrogen-bond donors (Lipinski definition) is 1. The molecule has 1 atom stereocenters. The summed E-state index contributed by atoms with van der Waals surface area (Å²) < 4.78 is 13.5. The normalized spacial score (nSPS) is 20.4. The largest absolute Gasteiger partial charge is 0.387 e. The maximum atomic E-state index is 13.5. The number of hydrogen-bond acceptors (Lipinski definition) is 3. The standard InChI is InChI=1S/C13H19FN2O/c1-15-6-8-16(9-7-15)10-13(17)11-4-2-3-5-12(11)14/h2-5,13,17H,6-10H2,1H3. The minimum atomic E-state index is -0.736. The van der Waals surface area contributed by atoms with Crippen LogP contribution in [-0.4, -0.2) is 54.7 Å². The summed E-state index contributed by atoms with van der Waals surface area (Å²) in [5, 5.41) is 10.0. The molecule has 1 aliphatic rings. The van der Waals surface area contributed by atoms with Crippen molar-refractivity contribution in [1.82, 2.24) is 9.80 Å². The third-order valence-corrected chi connectivity index (χ3v) is 3.29. The number of likely N-dealkylation sites (N-methyl/N-ethyl adjacent to an activating group) is 1. The van der Waals surface area contributed by atoms with Crippen LogP contribution in [0.1, 0.15) is 11.7 Å². The quantitative estimate of drug-likeness (QED) is 0.854. The summed E-state index contributed by atoms with van der Waals surface area (Å²) >= 11 is 0. The Labute approximate surface area is 101 Å². The zero-order valence-electron chi connectivity index (χ0n) is 10.1. The van der Waals surface area contributed by atoms with Gasteiger partial charge in [-0.25, -0.2) is 4.39 Å². The molecule has 0 spiro atoms. The number of nitrogens with zero attached hydrogens (tertiary/aromatic N) is 2. The molecule has 0 aromatic heterocycles. The number of aliphatic hydroxyl groups is 1. The van der Waals surface area contributed by atoms with Gasteiger partial charge in [-0.3, -0.25) is 4.90 Å². The predicted octanol–water partition coefficient (Wildman–Crippen LogP) is 1.11. The van der Waals surface area contributed by atoms with Crippen LogP contribution in [0.15, 0.2) is 24.3 Å². The molecule has 4 heteroatoms. The number of rotatable bonds is 3. The molecular weight excluding hydrogens is 219 g/mol. The van der Waals surface area contributed by atoms with Crippen molar-refractivity contribution in [1.29, 1.82) is 0 Å². The fraction of sp³-hybridized carbons (Fsp3) is 0.538. The number of piperazine rings is 1. The second kappa shape index (κ2) is 5.58. The predicted molar refractivity (Wildman–Crippen MR) is 65.3 cm³/mol. The summed E-state index contributed by atoms with van der Waals surface area (Å²) in [6.07, 6.45) is -0.736. The molecule has 1 saturated heterocycles. The van der Waals surface area contributed by atoms with Gasteiger partial charge in [0, 0.05) is 38.3 Å². The fourth-order valence-corrected chi connectivity index (χ4v) is 2.12. The monoisotopic (exact) mass is 238 g/mol. The molecule has 0 saturated carbocycles. The van der Waals surface area contributed by atoms with Crippen molar-refractivity contribution >= 4 is 0 Å². The minimum absolute atomic E-state index is 0.325. The molecule has 1 aromatic carbocycles. The van der Waals surface area contributed by atoms with Gasteiger partial charge in [-0.05, 0) is 13.1 Å². The van der Waals surface area contributed by atoms with Crippen LogP contribution in [-0.2, 0) is 0 Å². The molecule has 1 aliphatic heterocycles. The van der Waals surface area contributed by atoms with Gasteiger partial charge in [-0.1, -0.05) is 18.2 Å². The summed E-state index contributed by atoms with van der Waals surface area (Å²) in [6, 6.07) is 6.44. The summed E-state index contributed by atoms with van der Waals surface area (Å²) in [6.45, 7) is 4.38. The molecular formula is C13H19FN2O. The van der Waals surface area contributed by atoms with Gasteiger partial charge in [0.2, 0.25) is 0 Å². The van der Waals surface area contributed by atoms with Crippen LogP contribution in [0.4, 0.5) is 4.39 Å². The van der Waals surface area contributed by atoms with Gasteiger partial charge in [0.25, 0.3) is 0 Å². The highest BCUT2D eigenvalue weighted by Gasteiger charge is 2.19. The lowest BCUT2D eigenvalue weighted by molar-refractivity contribution is 0.0786. The van der Waals surface area contributed by atoms with Crippen LogP contribution in [0.3, 0.4) is 0 Å². The first-order chi connectivity index (χ1) is 8.16. The second-order valence-electron chi connectivity index (χ2n) is 4.64. The van der Waals surface area contributed by atoms with Gasteiger partial charge in [-0.15, -0.1) is 0 Å². The number of halogens is 1. The third kappa shape index (κ3) is 3.25. The smallest absolute Gasteiger partial charge is 0.129 e. The highest BCUT2D eigenvalue weighted by Crippen LogP contribution is 2.18. The molecule has 94 valence electrons. The van der Waals surface area contributed by atoms with E-state index in [0.717, 1.165) is 26.2 Å². The van der Waals surface area contributed by atoms with E-state index in [1.54, 1.807) is 18.2 Å². The maximum absolute atomic E-state index is 13.5. The molecule has 0 aliphatic carbocycles. The molecule has 3 nitrogen and oxygen atoms in total. The van der Waals surface area contributed by atoms with Crippen LogP contribution in [0, 0.1) is 5.82 Å². The summed E-state index contributed by atoms with van der Waals surface area (Å²) in [5.41, 5.74) is 0.395. The first-order valence-corrected chi connectivity index (χ1v) is 6.00. The van der Waals surface area contributed by atoms with Crippen molar-refractivity contribution in [3.8, 4) is 0 Å². The first kappa shape index (κ1) is 12.5. The molecule has 0 radical (unpaired) electrons. The molecule has 1 aromatic rings. The summed E-state index contributed by atoms with van der Waals surface area (Å²) in [7, 11) is 2.09. The van der Waals surface area contributed by atoms with Crippen molar-refractivity contribution < 1.29 is 9.50 Å². The SMILES string of the molecule is CN1CCN(CC(O)c2ccccc2F)CC1. The van der Waals surface area contributed by atoms with Crippen LogP contribution in [0.25, 0.3) is 0 Å². The third-order valence-electron chi connectivity index (χ3n) is 3.29. The highest BCUT2D eigenvalue weighted by atomic mass is 19.1. The second-order valence-corrected chi connectivity index (χ2v) is 4.64. The van der Waals surface area contributed by atoms with E-state index in [0.29, 0.717) is 12.1 Å². The lowest BCUT2D eigenvalue weighted by Gasteiger charge is -2.33. The average molecular weight is 238 g/mol. The van der Waals surface area contributed by atoms with E-state index in [-0.39, 0.29) is 5.82 Å². The molecule has 2 rings (SSSR count). The lowest BCUT2D eigenvalue weighted by Crippen LogP contribution is -2.45. The van der Waals surface area contributed by atoms with Crippen molar-refractivity contribution in [2.45, 2.75) is 6.10 Å². The Hall–Kier alpha value is -0.970. The Morgan fingerprint density at radius 3 is 2.53 bits per heavy atom. The maximum Gasteiger partial charge on any atom is 0.129 e. The van der Waals surface area contributed by atoms with Gasteiger partial charge in [0.15, 0.2) is 0 Å². The Bertz CT molecular complexity index is 364. The van der Waals surface area contributed by atoms with Gasteiger partial charge < -0.3 is 10.0 Å². The number of benzene rings is 1. The van der Waals surface area contributed by atoms with E-state index in [1.807, 2.05) is 0 Å². The lowest BCUT2D eigenvalue weighted by atomic mass is 10.1. The molecule has 0 amide bonds. The Balaban J connectivity index is 1.93. The van der Waals surface area contributed by atoms with Gasteiger partial charge >= 0.3 is 0 Å². The molecule has 17 heavy (non-hydrogen) atoms. The van der Waals surface area contributed by atoms with E-state index in [9.17, 15) is 9.50 Å². The minimum Gasteiger partial charge on any atom is -0.387 e. The van der Waals surface area contributed by atoms with Crippen LogP contribution < -0.4 is 0 Å². The van der Waals surface area contributed by atoms with Gasteiger partial charge in [0.1, 0.15) is 5.82 Å². The Kier molecular flexibility index (Phi) is 4.10. The molecule has 1 heterocycles. The van der Waals surface area contributed by atoms with Crippen LogP contribution >= 0.6 is 0 Å². The van der Waals surface area contributed by atoms with E-state index < -0.39 is 6.10 Å². The fourth-order valence-electron chi connectivity index (χ4n) is 2.12. The Morgan fingerprint density at radius 2 is 1.88 bits per heavy atom. The molecule has 0 bridgehead atoms. The van der Waals surface area contributed by atoms with Crippen LogP contribution in [0.5, 0.6) is 0 Å². The highest BCUT2D eigenvalue weighted by molar-refractivity contribution is 5.20. The molecule has 1 N–H and O–H groups in total. The van der Waals surface area contributed by atoms with Gasteiger partial charge in [-0.2, -0.15) is 0 Å². The van der Waals surface area contributed by atoms with E-state index >= 15 is 0 Å². The van der Waals surface area contributed by atoms with E-state index in [4.69, 9.17) is 0 Å². The summed E-state index contributed by atoms with van der Waals surface area (Å²) in [5.74, 6) is -0.325. The number of aliphatic hydroxyl groups excluding tert-OH is 1. The van der Waals surface area contributed by atoms with Crippen molar-refractivity contribution in [2.24, 2.45) is 0 Å². The Morgan fingerprint density at radius 1 is 1.24 bits per heavy atom. The van der Waals surface area contributed by atoms with Crippen molar-refractivity contribution in [3.05, 3.63) is 35.6 Å². The average Bonchev–Trinajstić information content (AvgIpc) is 2.32. The first-order valence-electron chi connectivity index (χ1n) is 6.00. The zero-order valence-corrected chi connectivity index (χ0v) is 10.1. The van der Waals surface area contributed by atoms with Crippen LogP contribution in [0.2, 0.25) is 0 Å². The molecule has 1 fully saturated rings. The number of β-amino-alcohol motifs (C(OH)–C–C–N with tert-alkyl or cyclic N) is 1. The topological polar surface area (TPSA) is 26.7 Å². The van der Waals surface area contributed by atoms with Crippen molar-refractivity contribution in [3.63, 3.8) is 0 Å². The van der Waals surface area contributed by atoms with E-state index in [1.165, 1.54) is 6.07 Å². The zero-order chi connectivity index (χ0) is 12.3. The van der Waals surface area contributed by atoms with E-state index in [2.05, 4.69) is 16.8 Å². The summed E-state index contributed by atoms with van der Waals surface area (Å²) in [4.78, 5) is 4.43. The van der Waals surface area contributed by atoms with Crippen molar-refractivity contribution in [2.75, 3.05) is 39.8 Å². The molecule has 1 unspecified atom stereocenters.